The molecule has 1 heterocycles. The molecule has 6 nitrogen and oxygen atoms in total. The maximum Gasteiger partial charge on any atom is 0.413 e. The second kappa shape index (κ2) is 11.8. The van der Waals surface area contributed by atoms with Crippen molar-refractivity contribution in [2.75, 3.05) is 38.2 Å². The Labute approximate surface area is 156 Å². The fourth-order valence-electron chi connectivity index (χ4n) is 2.96. The maximum atomic E-state index is 12.4. The van der Waals surface area contributed by atoms with Gasteiger partial charge in [-0.15, -0.1) is 0 Å². The van der Waals surface area contributed by atoms with Crippen LogP contribution in [0.5, 0.6) is 5.75 Å². The Morgan fingerprint density at radius 3 is 2.69 bits per heavy atom. The largest absolute Gasteiger partial charge is 0.491 e. The number of rotatable bonds is 11. The van der Waals surface area contributed by atoms with Gasteiger partial charge in [0.2, 0.25) is 0 Å². The summed E-state index contributed by atoms with van der Waals surface area (Å²) in [6.45, 7) is 7.59. The van der Waals surface area contributed by atoms with Crippen molar-refractivity contribution in [3.8, 4) is 5.75 Å². The van der Waals surface area contributed by atoms with Crippen LogP contribution in [0.1, 0.15) is 46.0 Å². The Kier molecular flexibility index (Phi) is 9.28. The van der Waals surface area contributed by atoms with Gasteiger partial charge in [0.1, 0.15) is 5.75 Å². The Morgan fingerprint density at radius 2 is 1.96 bits per heavy atom. The van der Waals surface area contributed by atoms with E-state index < -0.39 is 6.09 Å². The Hall–Kier alpha value is -1.79. The molecule has 1 aliphatic rings. The van der Waals surface area contributed by atoms with E-state index in [1.165, 1.54) is 0 Å². The number of nitrogens with zero attached hydrogens (tertiary/aromatic N) is 1. The number of unbranched alkanes of at least 4 members (excludes halogenated alkanes) is 2. The second-order valence-electron chi connectivity index (χ2n) is 6.44. The summed E-state index contributed by atoms with van der Waals surface area (Å²) in [6, 6.07) is 7.45. The third-order valence-corrected chi connectivity index (χ3v) is 4.38. The number of para-hydroxylation sites is 2. The lowest BCUT2D eigenvalue weighted by Gasteiger charge is -2.27. The number of benzene rings is 1. The summed E-state index contributed by atoms with van der Waals surface area (Å²) < 4.78 is 16.9. The van der Waals surface area contributed by atoms with E-state index in [4.69, 9.17) is 14.2 Å². The number of carbonyl (C=O) groups excluding carboxylic acids is 1. The smallest absolute Gasteiger partial charge is 0.413 e. The van der Waals surface area contributed by atoms with E-state index in [9.17, 15) is 4.79 Å². The van der Waals surface area contributed by atoms with E-state index in [0.29, 0.717) is 31.3 Å². The van der Waals surface area contributed by atoms with Gasteiger partial charge in [-0.1, -0.05) is 31.9 Å². The van der Waals surface area contributed by atoms with E-state index in [1.807, 2.05) is 31.2 Å². The fraction of sp³-hybridized carbons (Fsp3) is 0.650. The minimum Gasteiger partial charge on any atom is -0.491 e. The number of nitrogens with one attached hydrogen (secondary N) is 1. The summed E-state index contributed by atoms with van der Waals surface area (Å²) in [7, 11) is 0. The number of amides is 1. The lowest BCUT2D eigenvalue weighted by molar-refractivity contribution is -0.0507. The van der Waals surface area contributed by atoms with E-state index in [2.05, 4.69) is 17.1 Å². The molecule has 0 aliphatic carbocycles. The van der Waals surface area contributed by atoms with E-state index >= 15 is 0 Å². The molecule has 1 amide bonds. The number of carbonyl (C=O) groups is 1. The molecule has 146 valence electrons. The van der Waals surface area contributed by atoms with Crippen LogP contribution in [0.4, 0.5) is 10.5 Å². The van der Waals surface area contributed by atoms with Gasteiger partial charge in [-0.05, 0) is 38.3 Å². The van der Waals surface area contributed by atoms with Gasteiger partial charge in [0, 0.05) is 19.7 Å². The number of hydrogen-bond acceptors (Lipinski definition) is 5. The molecule has 1 aromatic rings. The van der Waals surface area contributed by atoms with Gasteiger partial charge in [0.25, 0.3) is 0 Å². The normalized spacial score (nSPS) is 15.6. The molecule has 2 rings (SSSR count). The Morgan fingerprint density at radius 1 is 1.19 bits per heavy atom. The predicted octanol–water partition coefficient (Wildman–Crippen LogP) is 4.26. The highest BCUT2D eigenvalue weighted by Gasteiger charge is 2.25. The predicted molar refractivity (Wildman–Crippen MR) is 103 cm³/mol. The average molecular weight is 364 g/mol. The first-order chi connectivity index (χ1) is 12.7. The standard InChI is InChI=1S/C20H32N2O4/c1-3-5-10-15-25-18-12-7-6-11-17(18)21-20(23)26-19(16-24-4-2)22-13-8-9-14-22/h6-7,11-12,19H,3-5,8-10,13-16H2,1-2H3,(H,21,23). The van der Waals surface area contributed by atoms with Crippen molar-refractivity contribution < 1.29 is 19.0 Å². The molecule has 0 radical (unpaired) electrons. The van der Waals surface area contributed by atoms with Gasteiger partial charge in [0.15, 0.2) is 6.23 Å². The lowest BCUT2D eigenvalue weighted by Crippen LogP contribution is -2.41. The zero-order valence-electron chi connectivity index (χ0n) is 16.0. The monoisotopic (exact) mass is 364 g/mol. The summed E-state index contributed by atoms with van der Waals surface area (Å²) in [5.41, 5.74) is 0.630. The zero-order chi connectivity index (χ0) is 18.6. The van der Waals surface area contributed by atoms with Gasteiger partial charge < -0.3 is 14.2 Å². The maximum absolute atomic E-state index is 12.4. The average Bonchev–Trinajstić information content (AvgIpc) is 3.18. The number of hydrogen-bond donors (Lipinski definition) is 1. The summed E-state index contributed by atoms with van der Waals surface area (Å²) in [5, 5.41) is 2.81. The fourth-order valence-corrected chi connectivity index (χ4v) is 2.96. The highest BCUT2D eigenvalue weighted by atomic mass is 16.6. The second-order valence-corrected chi connectivity index (χ2v) is 6.44. The summed E-state index contributed by atoms with van der Waals surface area (Å²) in [6.07, 6.45) is 4.70. The number of likely N-dealkylation sites (tertiary alicyclic amines) is 1. The molecule has 1 fully saturated rings. The van der Waals surface area contributed by atoms with Crippen molar-refractivity contribution in [1.29, 1.82) is 0 Å². The first-order valence-corrected chi connectivity index (χ1v) is 9.75. The van der Waals surface area contributed by atoms with Crippen LogP contribution in [0.15, 0.2) is 24.3 Å². The molecule has 0 saturated carbocycles. The van der Waals surface area contributed by atoms with Crippen molar-refractivity contribution in [2.24, 2.45) is 0 Å². The molecule has 6 heteroatoms. The van der Waals surface area contributed by atoms with Crippen LogP contribution < -0.4 is 10.1 Å². The topological polar surface area (TPSA) is 60.0 Å². The quantitative estimate of drug-likeness (QED) is 0.595. The Bertz CT molecular complexity index is 532. The highest BCUT2D eigenvalue weighted by molar-refractivity contribution is 5.86. The molecule has 1 atom stereocenters. The van der Waals surface area contributed by atoms with Crippen LogP contribution >= 0.6 is 0 Å². The molecule has 26 heavy (non-hydrogen) atoms. The molecule has 1 aromatic carbocycles. The van der Waals surface area contributed by atoms with Gasteiger partial charge in [-0.25, -0.2) is 4.79 Å². The van der Waals surface area contributed by atoms with Crippen molar-refractivity contribution >= 4 is 11.8 Å². The van der Waals surface area contributed by atoms with E-state index in [0.717, 1.165) is 45.2 Å². The number of ether oxygens (including phenoxy) is 3. The first-order valence-electron chi connectivity index (χ1n) is 9.75. The van der Waals surface area contributed by atoms with Crippen molar-refractivity contribution in [1.82, 2.24) is 4.90 Å². The molecule has 0 spiro atoms. The lowest BCUT2D eigenvalue weighted by atomic mass is 10.2. The van der Waals surface area contributed by atoms with Gasteiger partial charge in [0.05, 0.1) is 18.9 Å². The molecule has 0 aromatic heterocycles. The van der Waals surface area contributed by atoms with Crippen LogP contribution in [-0.4, -0.2) is 50.1 Å². The van der Waals surface area contributed by atoms with Gasteiger partial charge in [-0.3, -0.25) is 10.2 Å². The van der Waals surface area contributed by atoms with Crippen LogP contribution in [0.2, 0.25) is 0 Å². The summed E-state index contributed by atoms with van der Waals surface area (Å²) in [5.74, 6) is 0.670. The third-order valence-electron chi connectivity index (χ3n) is 4.38. The van der Waals surface area contributed by atoms with Crippen LogP contribution in [-0.2, 0) is 9.47 Å². The molecule has 1 aliphatic heterocycles. The van der Waals surface area contributed by atoms with E-state index in [-0.39, 0.29) is 6.23 Å². The van der Waals surface area contributed by atoms with Crippen LogP contribution in [0, 0.1) is 0 Å². The molecule has 1 saturated heterocycles. The van der Waals surface area contributed by atoms with Crippen LogP contribution in [0.25, 0.3) is 0 Å². The minimum absolute atomic E-state index is 0.352. The van der Waals surface area contributed by atoms with Gasteiger partial charge in [-0.2, -0.15) is 0 Å². The third kappa shape index (κ3) is 6.84. The van der Waals surface area contributed by atoms with Crippen molar-refractivity contribution in [3.05, 3.63) is 24.3 Å². The summed E-state index contributed by atoms with van der Waals surface area (Å²) >= 11 is 0. The molecule has 1 unspecified atom stereocenters. The first kappa shape index (κ1) is 20.5. The zero-order valence-corrected chi connectivity index (χ0v) is 16.0. The van der Waals surface area contributed by atoms with Gasteiger partial charge >= 0.3 is 6.09 Å². The highest BCUT2D eigenvalue weighted by Crippen LogP contribution is 2.24. The number of anilines is 1. The van der Waals surface area contributed by atoms with Crippen LogP contribution in [0.3, 0.4) is 0 Å². The molecular formula is C20H32N2O4. The minimum atomic E-state index is -0.480. The van der Waals surface area contributed by atoms with Crippen molar-refractivity contribution in [3.63, 3.8) is 0 Å². The SMILES string of the molecule is CCCCCOc1ccccc1NC(=O)OC(COCC)N1CCCC1. The Balaban J connectivity index is 1.90. The molecule has 1 N–H and O–H groups in total. The summed E-state index contributed by atoms with van der Waals surface area (Å²) in [4.78, 5) is 14.6. The molecule has 0 bridgehead atoms. The molecular weight excluding hydrogens is 332 g/mol. The van der Waals surface area contributed by atoms with E-state index in [1.54, 1.807) is 0 Å². The van der Waals surface area contributed by atoms with Crippen molar-refractivity contribution in [2.45, 2.75) is 52.2 Å².